The topological polar surface area (TPSA) is 291 Å². The maximum absolute atomic E-state index is 13.2. The highest BCUT2D eigenvalue weighted by atomic mass is 32.2. The minimum atomic E-state index is -4.53. The summed E-state index contributed by atoms with van der Waals surface area (Å²) in [5, 5.41) is 34.1. The first-order valence-corrected chi connectivity index (χ1v) is 20.2. The smallest absolute Gasteiger partial charge is 0.252 e. The molecule has 0 saturated heterocycles. The van der Waals surface area contributed by atoms with E-state index in [4.69, 9.17) is 15.4 Å². The van der Waals surface area contributed by atoms with Gasteiger partial charge >= 0.3 is 0 Å². The zero-order valence-electron chi connectivity index (χ0n) is 28.0. The molecule has 3 aromatic carbocycles. The fraction of sp³-hybridized carbons (Fsp3) is 0.300. The average Bonchev–Trinajstić information content (AvgIpc) is 3.07. The van der Waals surface area contributed by atoms with Gasteiger partial charge in [0.05, 0.1) is 0 Å². The molecule has 3 unspecified atom stereocenters. The van der Waals surface area contributed by atoms with Crippen LogP contribution in [0.4, 0.5) is 34.9 Å². The first-order chi connectivity index (χ1) is 23.9. The fourth-order valence-electron chi connectivity index (χ4n) is 5.00. The van der Waals surface area contributed by atoms with Gasteiger partial charge in [-0.3, -0.25) is 0 Å². The van der Waals surface area contributed by atoms with E-state index in [0.29, 0.717) is 17.1 Å². The van der Waals surface area contributed by atoms with E-state index in [9.17, 15) is 25.3 Å². The zero-order valence-corrected chi connectivity index (χ0v) is 30.5. The first kappa shape index (κ1) is 39.0. The Morgan fingerprint density at radius 2 is 0.647 bits per heavy atom. The van der Waals surface area contributed by atoms with Crippen LogP contribution in [-0.2, 0) is 30.1 Å². The SMILES string of the molecule is CCC(Nc1ccccc1)(Nc1nc(NC(CC)(Nc2ccccc2)S(N)(=O)=O)nc(NC(CC)(Nc2ccccc2)S(N)(=O)=O)n1)S(N)(=O)=O. The molecule has 0 spiro atoms. The molecule has 0 aliphatic rings. The predicted octanol–water partition coefficient (Wildman–Crippen LogP) is 2.50. The number of rotatable bonds is 18. The van der Waals surface area contributed by atoms with Gasteiger partial charge in [0.25, 0.3) is 30.1 Å². The van der Waals surface area contributed by atoms with Gasteiger partial charge in [-0.1, -0.05) is 75.4 Å². The van der Waals surface area contributed by atoms with Crippen molar-refractivity contribution in [1.82, 2.24) is 15.0 Å². The Bertz CT molecular complexity index is 1860. The monoisotopic (exact) mass is 762 g/mol. The quantitative estimate of drug-likeness (QED) is 0.0658. The van der Waals surface area contributed by atoms with Gasteiger partial charge in [0.2, 0.25) is 32.8 Å². The molecule has 0 bridgehead atoms. The van der Waals surface area contributed by atoms with Crippen LogP contribution < -0.4 is 47.3 Å². The number of nitrogens with one attached hydrogen (secondary N) is 6. The van der Waals surface area contributed by atoms with E-state index >= 15 is 0 Å². The van der Waals surface area contributed by atoms with Gasteiger partial charge < -0.3 is 31.9 Å². The van der Waals surface area contributed by atoms with Crippen LogP contribution >= 0.6 is 0 Å². The number of benzene rings is 3. The second-order valence-electron chi connectivity index (χ2n) is 11.3. The van der Waals surface area contributed by atoms with Gasteiger partial charge in [-0.25, -0.2) is 40.7 Å². The lowest BCUT2D eigenvalue weighted by atomic mass is 10.3. The van der Waals surface area contributed by atoms with Crippen LogP contribution in [0.1, 0.15) is 40.0 Å². The first-order valence-electron chi connectivity index (χ1n) is 15.6. The summed E-state index contributed by atoms with van der Waals surface area (Å²) in [5.41, 5.74) is 1.10. The highest BCUT2D eigenvalue weighted by Gasteiger charge is 2.45. The van der Waals surface area contributed by atoms with Crippen molar-refractivity contribution in [3.63, 3.8) is 0 Å². The second-order valence-corrected chi connectivity index (χ2v) is 16.7. The molecule has 4 rings (SSSR count). The van der Waals surface area contributed by atoms with Crippen LogP contribution in [0.2, 0.25) is 0 Å². The van der Waals surface area contributed by atoms with Crippen LogP contribution in [0.3, 0.4) is 0 Å². The lowest BCUT2D eigenvalue weighted by Gasteiger charge is -2.36. The van der Waals surface area contributed by atoms with Crippen LogP contribution in [-0.4, -0.2) is 55.2 Å². The third-order valence-electron chi connectivity index (χ3n) is 7.89. The Morgan fingerprint density at radius 3 is 0.824 bits per heavy atom. The molecule has 51 heavy (non-hydrogen) atoms. The van der Waals surface area contributed by atoms with Crippen LogP contribution in [0, 0.1) is 0 Å². The second kappa shape index (κ2) is 15.2. The van der Waals surface area contributed by atoms with Gasteiger partial charge in [0, 0.05) is 36.3 Å². The van der Waals surface area contributed by atoms with E-state index in [1.165, 1.54) is 20.8 Å². The van der Waals surface area contributed by atoms with Crippen molar-refractivity contribution in [2.24, 2.45) is 15.4 Å². The van der Waals surface area contributed by atoms with Gasteiger partial charge in [-0.05, 0) is 36.4 Å². The lowest BCUT2D eigenvalue weighted by Crippen LogP contribution is -2.57. The van der Waals surface area contributed by atoms with Crippen LogP contribution in [0.5, 0.6) is 0 Å². The number of anilines is 6. The molecule has 0 radical (unpaired) electrons. The molecule has 0 saturated carbocycles. The normalized spacial score (nSPS) is 15.6. The van der Waals surface area contributed by atoms with Crippen molar-refractivity contribution >= 4 is 65.0 Å². The molecular weight excluding hydrogens is 721 g/mol. The summed E-state index contributed by atoms with van der Waals surface area (Å²) in [6.07, 6.45) is -0.556. The number of nitrogens with zero attached hydrogens (tertiary/aromatic N) is 3. The number of sulfonamides is 3. The molecule has 4 aromatic rings. The largest absolute Gasteiger partial charge is 0.349 e. The Hall–Kier alpha value is -4.80. The van der Waals surface area contributed by atoms with E-state index in [1.807, 2.05) is 0 Å². The van der Waals surface area contributed by atoms with E-state index in [-0.39, 0.29) is 19.3 Å². The summed E-state index contributed by atoms with van der Waals surface area (Å²) >= 11 is 0. The molecular formula is C30H42N12O6S3. The molecule has 21 heteroatoms. The zero-order chi connectivity index (χ0) is 37.6. The molecule has 1 heterocycles. The number of para-hydroxylation sites is 3. The van der Waals surface area contributed by atoms with Crippen molar-refractivity contribution in [1.29, 1.82) is 0 Å². The Kier molecular flexibility index (Phi) is 11.6. The van der Waals surface area contributed by atoms with Gasteiger partial charge in [-0.2, -0.15) is 15.0 Å². The molecule has 3 atom stereocenters. The minimum Gasteiger partial charge on any atom is -0.349 e. The van der Waals surface area contributed by atoms with Crippen molar-refractivity contribution in [2.45, 2.75) is 55.0 Å². The molecule has 276 valence electrons. The minimum absolute atomic E-state index is 0.185. The summed E-state index contributed by atoms with van der Waals surface area (Å²) in [7, 11) is -13.6. The Labute approximate surface area is 297 Å². The number of aromatic nitrogens is 3. The maximum atomic E-state index is 13.2. The van der Waals surface area contributed by atoms with Crippen molar-refractivity contribution in [3.8, 4) is 0 Å². The average molecular weight is 763 g/mol. The van der Waals surface area contributed by atoms with E-state index in [0.717, 1.165) is 0 Å². The molecule has 1 aromatic heterocycles. The summed E-state index contributed by atoms with van der Waals surface area (Å²) in [6, 6.07) is 24.9. The molecule has 0 amide bonds. The van der Waals surface area contributed by atoms with Crippen molar-refractivity contribution < 1.29 is 25.3 Å². The highest BCUT2D eigenvalue weighted by Crippen LogP contribution is 2.30. The lowest BCUT2D eigenvalue weighted by molar-refractivity contribution is 0.547. The third-order valence-corrected chi connectivity index (χ3v) is 12.3. The van der Waals surface area contributed by atoms with Crippen LogP contribution in [0.25, 0.3) is 0 Å². The third kappa shape index (κ3) is 8.93. The number of nitrogens with two attached hydrogens (primary N) is 3. The standard InChI is InChI=1S/C30H42N12O6S3/c1-4-28(49(31,43)44,37-22-16-10-7-11-17-22)40-25-34-26(41-29(5-2,50(32,45)46)38-23-18-12-8-13-19-23)36-27(35-25)42-30(6-3,51(33,47)48)39-24-20-14-9-15-21-24/h7-21,37-39H,4-6H2,1-3H3,(H2,31,43,44)(H2,32,45,46)(H2,33,47,48)(H3,34,35,36,40,41,42). The Morgan fingerprint density at radius 1 is 0.431 bits per heavy atom. The summed E-state index contributed by atoms with van der Waals surface area (Å²) in [4.78, 5) is 6.50. The highest BCUT2D eigenvalue weighted by molar-refractivity contribution is 7.91. The maximum Gasteiger partial charge on any atom is 0.252 e. The molecule has 0 aliphatic carbocycles. The Balaban J connectivity index is 1.93. The van der Waals surface area contributed by atoms with E-state index < -0.39 is 62.9 Å². The summed E-state index contributed by atoms with van der Waals surface area (Å²) < 4.78 is 79.3. The molecule has 0 fully saturated rings. The molecule has 0 aliphatic heterocycles. The molecule has 12 N–H and O–H groups in total. The number of primary sulfonamides is 3. The predicted molar refractivity (Wildman–Crippen MR) is 199 cm³/mol. The van der Waals surface area contributed by atoms with Gasteiger partial charge in [-0.15, -0.1) is 0 Å². The van der Waals surface area contributed by atoms with Gasteiger partial charge in [0.15, 0.2) is 0 Å². The van der Waals surface area contributed by atoms with E-state index in [2.05, 4.69) is 46.9 Å². The summed E-state index contributed by atoms with van der Waals surface area (Å²) in [5.74, 6) is -1.40. The van der Waals surface area contributed by atoms with E-state index in [1.54, 1.807) is 91.0 Å². The van der Waals surface area contributed by atoms with Crippen LogP contribution in [0.15, 0.2) is 91.0 Å². The fourth-order valence-corrected chi connectivity index (χ4v) is 7.69. The van der Waals surface area contributed by atoms with Gasteiger partial charge in [0.1, 0.15) is 0 Å². The summed E-state index contributed by atoms with van der Waals surface area (Å²) in [6.45, 7) is 4.60. The molecule has 18 nitrogen and oxygen atoms in total. The van der Waals surface area contributed by atoms with Crippen molar-refractivity contribution in [2.75, 3.05) is 31.9 Å². The number of hydrogen-bond acceptors (Lipinski definition) is 15. The van der Waals surface area contributed by atoms with Crippen molar-refractivity contribution in [3.05, 3.63) is 91.0 Å². The number of hydrogen-bond donors (Lipinski definition) is 9.